The molecule has 2 N–H and O–H groups in total. The summed E-state index contributed by atoms with van der Waals surface area (Å²) in [6.07, 6.45) is 4.13. The number of nitrogens with zero attached hydrogens (tertiary/aromatic N) is 1. The van der Waals surface area contributed by atoms with E-state index in [0.717, 1.165) is 23.0 Å². The summed E-state index contributed by atoms with van der Waals surface area (Å²) >= 11 is 6.25. The van der Waals surface area contributed by atoms with Crippen LogP contribution in [0.1, 0.15) is 37.8 Å². The van der Waals surface area contributed by atoms with Gasteiger partial charge in [0.15, 0.2) is 0 Å². The standard InChI is InChI=1S/C14H21ClN2/c1-10(16)13-7-6-12(8-14(13)15)17(2)9-11-4-3-5-11/h6-8,10-11H,3-5,9,16H2,1-2H3. The molecule has 0 heterocycles. The summed E-state index contributed by atoms with van der Waals surface area (Å²) in [7, 11) is 2.13. The minimum absolute atomic E-state index is 0.00603. The number of rotatable bonds is 4. The van der Waals surface area contributed by atoms with Gasteiger partial charge >= 0.3 is 0 Å². The maximum Gasteiger partial charge on any atom is 0.0474 e. The second-order valence-electron chi connectivity index (χ2n) is 5.17. The maximum absolute atomic E-state index is 6.25. The molecular formula is C14H21ClN2. The molecule has 0 aliphatic heterocycles. The van der Waals surface area contributed by atoms with E-state index in [9.17, 15) is 0 Å². The number of nitrogens with two attached hydrogens (primary N) is 1. The van der Waals surface area contributed by atoms with Crippen molar-refractivity contribution in [3.8, 4) is 0 Å². The minimum atomic E-state index is -0.00603. The Bertz CT molecular complexity index is 386. The summed E-state index contributed by atoms with van der Waals surface area (Å²) < 4.78 is 0. The van der Waals surface area contributed by atoms with Crippen LogP contribution >= 0.6 is 11.6 Å². The van der Waals surface area contributed by atoms with Crippen molar-refractivity contribution in [3.63, 3.8) is 0 Å². The number of anilines is 1. The Kier molecular flexibility index (Phi) is 3.95. The molecule has 94 valence electrons. The smallest absolute Gasteiger partial charge is 0.0474 e. The molecule has 17 heavy (non-hydrogen) atoms. The molecule has 1 atom stereocenters. The Hall–Kier alpha value is -0.730. The minimum Gasteiger partial charge on any atom is -0.374 e. The van der Waals surface area contributed by atoms with E-state index >= 15 is 0 Å². The van der Waals surface area contributed by atoms with Gasteiger partial charge in [-0.3, -0.25) is 0 Å². The van der Waals surface area contributed by atoms with Crippen LogP contribution in [0.3, 0.4) is 0 Å². The zero-order chi connectivity index (χ0) is 12.4. The van der Waals surface area contributed by atoms with Gasteiger partial charge in [0, 0.05) is 30.3 Å². The van der Waals surface area contributed by atoms with Crippen molar-refractivity contribution >= 4 is 17.3 Å². The Morgan fingerprint density at radius 3 is 2.65 bits per heavy atom. The number of hydrogen-bond donors (Lipinski definition) is 1. The van der Waals surface area contributed by atoms with Crippen LogP contribution in [0.4, 0.5) is 5.69 Å². The summed E-state index contributed by atoms with van der Waals surface area (Å²) in [6.45, 7) is 3.09. The largest absolute Gasteiger partial charge is 0.374 e. The zero-order valence-corrected chi connectivity index (χ0v) is 11.4. The van der Waals surface area contributed by atoms with Crippen LogP contribution in [0.2, 0.25) is 5.02 Å². The van der Waals surface area contributed by atoms with Gasteiger partial charge in [-0.2, -0.15) is 0 Å². The van der Waals surface area contributed by atoms with Crippen LogP contribution in [0.5, 0.6) is 0 Å². The van der Waals surface area contributed by atoms with Gasteiger partial charge in [-0.1, -0.05) is 24.1 Å². The highest BCUT2D eigenvalue weighted by Gasteiger charge is 2.19. The predicted octanol–water partition coefficient (Wildman–Crippen LogP) is 3.60. The summed E-state index contributed by atoms with van der Waals surface area (Å²) in [5.74, 6) is 0.867. The average Bonchev–Trinajstić information content (AvgIpc) is 2.22. The topological polar surface area (TPSA) is 29.3 Å². The fourth-order valence-corrected chi connectivity index (χ4v) is 2.64. The van der Waals surface area contributed by atoms with Gasteiger partial charge in [0.1, 0.15) is 0 Å². The highest BCUT2D eigenvalue weighted by Crippen LogP contribution is 2.30. The lowest BCUT2D eigenvalue weighted by molar-refractivity contribution is 0.321. The van der Waals surface area contributed by atoms with Crippen LogP contribution in [0.15, 0.2) is 18.2 Å². The first-order valence-corrected chi connectivity index (χ1v) is 6.72. The molecule has 0 saturated heterocycles. The van der Waals surface area contributed by atoms with Crippen LogP contribution in [-0.4, -0.2) is 13.6 Å². The summed E-state index contributed by atoms with van der Waals surface area (Å²) in [6, 6.07) is 6.18. The highest BCUT2D eigenvalue weighted by molar-refractivity contribution is 6.31. The fourth-order valence-electron chi connectivity index (χ4n) is 2.29. The maximum atomic E-state index is 6.25. The summed E-state index contributed by atoms with van der Waals surface area (Å²) in [5.41, 5.74) is 8.06. The lowest BCUT2D eigenvalue weighted by Gasteiger charge is -2.31. The molecule has 0 bridgehead atoms. The summed E-state index contributed by atoms with van der Waals surface area (Å²) in [4.78, 5) is 2.29. The Balaban J connectivity index is 2.07. The molecule has 3 heteroatoms. The molecule has 2 nitrogen and oxygen atoms in total. The third-order valence-corrected chi connectivity index (χ3v) is 4.00. The van der Waals surface area contributed by atoms with Gasteiger partial charge in [0.25, 0.3) is 0 Å². The first kappa shape index (κ1) is 12.7. The Morgan fingerprint density at radius 1 is 1.47 bits per heavy atom. The normalized spacial score (nSPS) is 17.6. The van der Waals surface area contributed by atoms with E-state index in [-0.39, 0.29) is 6.04 Å². The van der Waals surface area contributed by atoms with Crippen LogP contribution in [-0.2, 0) is 0 Å². The first-order valence-electron chi connectivity index (χ1n) is 6.34. The third kappa shape index (κ3) is 2.93. The molecule has 1 unspecified atom stereocenters. The molecule has 1 aliphatic rings. The molecule has 0 aromatic heterocycles. The van der Waals surface area contributed by atoms with Gasteiger partial charge in [0.2, 0.25) is 0 Å². The average molecular weight is 253 g/mol. The molecule has 1 aliphatic carbocycles. The third-order valence-electron chi connectivity index (χ3n) is 3.67. The van der Waals surface area contributed by atoms with Crippen molar-refractivity contribution < 1.29 is 0 Å². The van der Waals surface area contributed by atoms with Gasteiger partial charge in [-0.05, 0) is 43.4 Å². The molecule has 1 fully saturated rings. The van der Waals surface area contributed by atoms with Gasteiger partial charge in [-0.15, -0.1) is 0 Å². The van der Waals surface area contributed by atoms with Gasteiger partial charge in [0.05, 0.1) is 0 Å². The van der Waals surface area contributed by atoms with Gasteiger partial charge < -0.3 is 10.6 Å². The second-order valence-corrected chi connectivity index (χ2v) is 5.58. The predicted molar refractivity (Wildman–Crippen MR) is 74.7 cm³/mol. The van der Waals surface area contributed by atoms with Crippen molar-refractivity contribution in [2.45, 2.75) is 32.2 Å². The molecular weight excluding hydrogens is 232 g/mol. The number of hydrogen-bond acceptors (Lipinski definition) is 2. The van der Waals surface area contributed by atoms with Crippen LogP contribution in [0, 0.1) is 5.92 Å². The molecule has 0 spiro atoms. The van der Waals surface area contributed by atoms with Crippen molar-refractivity contribution in [1.29, 1.82) is 0 Å². The van der Waals surface area contributed by atoms with E-state index in [2.05, 4.69) is 18.0 Å². The molecule has 0 amide bonds. The monoisotopic (exact) mass is 252 g/mol. The van der Waals surface area contributed by atoms with Crippen molar-refractivity contribution in [2.75, 3.05) is 18.5 Å². The van der Waals surface area contributed by atoms with E-state index in [4.69, 9.17) is 17.3 Å². The molecule has 1 saturated carbocycles. The Morgan fingerprint density at radius 2 is 2.18 bits per heavy atom. The summed E-state index contributed by atoms with van der Waals surface area (Å²) in [5, 5.41) is 0.776. The lowest BCUT2D eigenvalue weighted by atomic mass is 9.85. The lowest BCUT2D eigenvalue weighted by Crippen LogP contribution is -2.29. The molecule has 1 aromatic rings. The van der Waals surface area contributed by atoms with E-state index < -0.39 is 0 Å². The fraction of sp³-hybridized carbons (Fsp3) is 0.571. The number of benzene rings is 1. The highest BCUT2D eigenvalue weighted by atomic mass is 35.5. The van der Waals surface area contributed by atoms with Crippen LogP contribution < -0.4 is 10.6 Å². The SMILES string of the molecule is CC(N)c1ccc(N(C)CC2CCC2)cc1Cl. The van der Waals surface area contributed by atoms with E-state index in [1.165, 1.54) is 24.9 Å². The molecule has 0 radical (unpaired) electrons. The first-order chi connectivity index (χ1) is 8.08. The molecule has 1 aromatic carbocycles. The zero-order valence-electron chi connectivity index (χ0n) is 10.6. The van der Waals surface area contributed by atoms with Gasteiger partial charge in [-0.25, -0.2) is 0 Å². The van der Waals surface area contributed by atoms with Crippen molar-refractivity contribution in [3.05, 3.63) is 28.8 Å². The second kappa shape index (κ2) is 5.28. The Labute approximate surface area is 109 Å². The van der Waals surface area contributed by atoms with E-state index in [1.807, 2.05) is 19.1 Å². The quantitative estimate of drug-likeness (QED) is 0.887. The van der Waals surface area contributed by atoms with E-state index in [1.54, 1.807) is 0 Å². The molecule has 2 rings (SSSR count). The van der Waals surface area contributed by atoms with Crippen molar-refractivity contribution in [2.24, 2.45) is 11.7 Å². The van der Waals surface area contributed by atoms with E-state index in [0.29, 0.717) is 0 Å². The number of halogens is 1. The van der Waals surface area contributed by atoms with Crippen molar-refractivity contribution in [1.82, 2.24) is 0 Å². The van der Waals surface area contributed by atoms with Crippen LogP contribution in [0.25, 0.3) is 0 Å².